The van der Waals surface area contributed by atoms with Gasteiger partial charge in [-0.3, -0.25) is 14.4 Å². The van der Waals surface area contributed by atoms with Gasteiger partial charge in [-0.2, -0.15) is 0 Å². The zero-order chi connectivity index (χ0) is 21.1. The van der Waals surface area contributed by atoms with E-state index in [-0.39, 0.29) is 23.0 Å². The molecule has 1 aromatic carbocycles. The number of benzene rings is 1. The molecule has 3 amide bonds. The zero-order valence-corrected chi connectivity index (χ0v) is 16.5. The molecule has 10 heteroatoms. The third kappa shape index (κ3) is 4.37. The highest BCUT2D eigenvalue weighted by Gasteiger charge is 2.35. The zero-order valence-electron chi connectivity index (χ0n) is 15.7. The Morgan fingerprint density at radius 2 is 2.00 bits per heavy atom. The quantitative estimate of drug-likeness (QED) is 0.710. The fourth-order valence-corrected chi connectivity index (χ4v) is 3.57. The second-order valence-corrected chi connectivity index (χ2v) is 7.22. The van der Waals surface area contributed by atoms with Crippen LogP contribution in [0.4, 0.5) is 10.7 Å². The van der Waals surface area contributed by atoms with Gasteiger partial charge in [-0.05, 0) is 30.5 Å². The number of para-hydroxylation sites is 2. The molecule has 2 heterocycles. The first-order chi connectivity index (χ1) is 13.8. The highest BCUT2D eigenvalue weighted by molar-refractivity contribution is 7.14. The molecule has 3 N–H and O–H groups in total. The van der Waals surface area contributed by atoms with E-state index in [9.17, 15) is 19.2 Å². The maximum absolute atomic E-state index is 12.5. The molecule has 1 aromatic heterocycles. The normalized spacial score (nSPS) is 16.2. The van der Waals surface area contributed by atoms with Crippen LogP contribution in [0.15, 0.2) is 35.7 Å². The molecular formula is C19H19N3O6S. The Balaban J connectivity index is 1.66. The number of rotatable bonds is 5. The molecule has 0 unspecified atom stereocenters. The highest BCUT2D eigenvalue weighted by Crippen LogP contribution is 2.33. The van der Waals surface area contributed by atoms with E-state index in [4.69, 9.17) is 15.2 Å². The molecule has 152 valence electrons. The van der Waals surface area contributed by atoms with Gasteiger partial charge in [0.15, 0.2) is 6.10 Å². The van der Waals surface area contributed by atoms with Crippen molar-refractivity contribution in [2.45, 2.75) is 26.1 Å². The van der Waals surface area contributed by atoms with E-state index in [0.29, 0.717) is 11.4 Å². The van der Waals surface area contributed by atoms with Crippen LogP contribution < -0.4 is 20.7 Å². The van der Waals surface area contributed by atoms with Crippen molar-refractivity contribution in [1.82, 2.24) is 0 Å². The standard InChI is InChI=1S/C19H19N3O6S/c1-10(17(25)21-18-12(16(20)24)7-8-29-18)27-19(26)15-9-22(11(2)23)13-5-3-4-6-14(13)28-15/h3-8,10,15H,9H2,1-2H3,(H2,20,24)(H,21,25)/t10-,15-/m1/s1. The van der Waals surface area contributed by atoms with Gasteiger partial charge in [-0.25, -0.2) is 4.79 Å². The minimum Gasteiger partial charge on any atom is -0.475 e. The Kier molecular flexibility index (Phi) is 5.83. The van der Waals surface area contributed by atoms with Gasteiger partial charge in [0.1, 0.15) is 10.8 Å². The Morgan fingerprint density at radius 1 is 1.28 bits per heavy atom. The van der Waals surface area contributed by atoms with Gasteiger partial charge < -0.3 is 25.4 Å². The summed E-state index contributed by atoms with van der Waals surface area (Å²) in [6.45, 7) is 2.75. The van der Waals surface area contributed by atoms with Crippen LogP contribution in [0.2, 0.25) is 0 Å². The number of carbonyl (C=O) groups excluding carboxylic acids is 4. The van der Waals surface area contributed by atoms with Gasteiger partial charge >= 0.3 is 5.97 Å². The summed E-state index contributed by atoms with van der Waals surface area (Å²) < 4.78 is 10.9. The number of nitrogens with two attached hydrogens (primary N) is 1. The van der Waals surface area contributed by atoms with Crippen molar-refractivity contribution in [3.63, 3.8) is 0 Å². The maximum Gasteiger partial charge on any atom is 0.350 e. The summed E-state index contributed by atoms with van der Waals surface area (Å²) in [5.41, 5.74) is 5.98. The fourth-order valence-electron chi connectivity index (χ4n) is 2.77. The van der Waals surface area contributed by atoms with Crippen molar-refractivity contribution in [3.05, 3.63) is 41.3 Å². The van der Waals surface area contributed by atoms with Crippen molar-refractivity contribution < 1.29 is 28.7 Å². The van der Waals surface area contributed by atoms with E-state index in [1.165, 1.54) is 24.8 Å². The lowest BCUT2D eigenvalue weighted by Gasteiger charge is -2.33. The van der Waals surface area contributed by atoms with Gasteiger partial charge in [0, 0.05) is 6.92 Å². The molecule has 0 spiro atoms. The smallest absolute Gasteiger partial charge is 0.350 e. The molecule has 29 heavy (non-hydrogen) atoms. The number of hydrogen-bond donors (Lipinski definition) is 2. The van der Waals surface area contributed by atoms with E-state index in [1.807, 2.05) is 0 Å². The van der Waals surface area contributed by atoms with Crippen molar-refractivity contribution in [3.8, 4) is 5.75 Å². The first-order valence-corrected chi connectivity index (χ1v) is 9.58. The summed E-state index contributed by atoms with van der Waals surface area (Å²) >= 11 is 1.12. The lowest BCUT2D eigenvalue weighted by atomic mass is 10.2. The Bertz CT molecular complexity index is 972. The van der Waals surface area contributed by atoms with Crippen LogP contribution in [0, 0.1) is 0 Å². The molecule has 2 atom stereocenters. The first kappa shape index (κ1) is 20.3. The molecule has 0 bridgehead atoms. The highest BCUT2D eigenvalue weighted by atomic mass is 32.1. The molecule has 0 saturated heterocycles. The minimum atomic E-state index is -1.16. The van der Waals surface area contributed by atoms with Crippen LogP contribution in [0.1, 0.15) is 24.2 Å². The molecule has 0 radical (unpaired) electrons. The number of anilines is 2. The largest absolute Gasteiger partial charge is 0.475 e. The van der Waals surface area contributed by atoms with Crippen LogP contribution in [-0.2, 0) is 19.1 Å². The van der Waals surface area contributed by atoms with Crippen LogP contribution >= 0.6 is 11.3 Å². The summed E-state index contributed by atoms with van der Waals surface area (Å²) in [4.78, 5) is 49.6. The van der Waals surface area contributed by atoms with Crippen molar-refractivity contribution >= 4 is 45.7 Å². The number of ether oxygens (including phenoxy) is 2. The number of nitrogens with zero attached hydrogens (tertiary/aromatic N) is 1. The van der Waals surface area contributed by atoms with E-state index < -0.39 is 30.0 Å². The van der Waals surface area contributed by atoms with Gasteiger partial charge in [0.25, 0.3) is 11.8 Å². The summed E-state index contributed by atoms with van der Waals surface area (Å²) in [5.74, 6) is -1.96. The second kappa shape index (κ2) is 8.31. The Labute approximate surface area is 170 Å². The minimum absolute atomic E-state index is 0.0315. The van der Waals surface area contributed by atoms with E-state index in [1.54, 1.807) is 29.6 Å². The van der Waals surface area contributed by atoms with Crippen molar-refractivity contribution in [2.24, 2.45) is 5.73 Å². The lowest BCUT2D eigenvalue weighted by Crippen LogP contribution is -2.48. The predicted octanol–water partition coefficient (Wildman–Crippen LogP) is 1.53. The molecule has 0 fully saturated rings. The van der Waals surface area contributed by atoms with Gasteiger partial charge in [-0.1, -0.05) is 12.1 Å². The van der Waals surface area contributed by atoms with Gasteiger partial charge in [0.2, 0.25) is 12.0 Å². The van der Waals surface area contributed by atoms with Crippen LogP contribution in [0.5, 0.6) is 5.75 Å². The number of thiophene rings is 1. The maximum atomic E-state index is 12.5. The second-order valence-electron chi connectivity index (χ2n) is 6.30. The average Bonchev–Trinajstić information content (AvgIpc) is 3.15. The number of esters is 1. The van der Waals surface area contributed by atoms with E-state index >= 15 is 0 Å². The number of nitrogens with one attached hydrogen (secondary N) is 1. The Hall–Kier alpha value is -3.40. The molecule has 9 nitrogen and oxygen atoms in total. The number of fused-ring (bicyclic) bond motifs is 1. The summed E-state index contributed by atoms with van der Waals surface area (Å²) in [6.07, 6.45) is -2.23. The number of primary amides is 1. The molecule has 3 rings (SSSR count). The lowest BCUT2D eigenvalue weighted by molar-refractivity contribution is -0.160. The van der Waals surface area contributed by atoms with Gasteiger partial charge in [-0.15, -0.1) is 11.3 Å². The van der Waals surface area contributed by atoms with Crippen molar-refractivity contribution in [2.75, 3.05) is 16.8 Å². The molecule has 1 aliphatic heterocycles. The molecule has 2 aromatic rings. The van der Waals surface area contributed by atoms with E-state index in [0.717, 1.165) is 11.3 Å². The molecule has 0 aliphatic carbocycles. The molecule has 0 saturated carbocycles. The predicted molar refractivity (Wildman–Crippen MR) is 106 cm³/mol. The number of carbonyl (C=O) groups is 4. The summed E-state index contributed by atoms with van der Waals surface area (Å²) in [6, 6.07) is 8.32. The molecular weight excluding hydrogens is 398 g/mol. The van der Waals surface area contributed by atoms with E-state index in [2.05, 4.69) is 5.32 Å². The average molecular weight is 417 g/mol. The van der Waals surface area contributed by atoms with Crippen LogP contribution in [0.3, 0.4) is 0 Å². The summed E-state index contributed by atoms with van der Waals surface area (Å²) in [7, 11) is 0. The van der Waals surface area contributed by atoms with Crippen LogP contribution in [0.25, 0.3) is 0 Å². The van der Waals surface area contributed by atoms with Crippen LogP contribution in [-0.4, -0.2) is 42.4 Å². The van der Waals surface area contributed by atoms with Gasteiger partial charge in [0.05, 0.1) is 17.8 Å². The number of amides is 3. The Morgan fingerprint density at radius 3 is 2.69 bits per heavy atom. The third-order valence-corrected chi connectivity index (χ3v) is 5.08. The monoisotopic (exact) mass is 417 g/mol. The third-order valence-electron chi connectivity index (χ3n) is 4.25. The first-order valence-electron chi connectivity index (χ1n) is 8.70. The topological polar surface area (TPSA) is 128 Å². The number of hydrogen-bond acceptors (Lipinski definition) is 7. The summed E-state index contributed by atoms with van der Waals surface area (Å²) in [5, 5.41) is 4.40. The molecule has 1 aliphatic rings. The van der Waals surface area contributed by atoms with Crippen molar-refractivity contribution in [1.29, 1.82) is 0 Å². The SMILES string of the molecule is CC(=O)N1C[C@H](C(=O)O[C@H](C)C(=O)Nc2sccc2C(N)=O)Oc2ccccc21. The fraction of sp³-hybridized carbons (Fsp3) is 0.263.